The summed E-state index contributed by atoms with van der Waals surface area (Å²) in [5.41, 5.74) is 0. The summed E-state index contributed by atoms with van der Waals surface area (Å²) in [4.78, 5) is 3.37. The molecule has 12 rings (SSSR count). The van der Waals surface area contributed by atoms with Crippen LogP contribution >= 0.6 is 23.5 Å². The topological polar surface area (TPSA) is 12.5 Å². The van der Waals surface area contributed by atoms with Crippen LogP contribution in [0.3, 0.4) is 0 Å². The summed E-state index contributed by atoms with van der Waals surface area (Å²) in [5, 5.41) is 4.13. The van der Waals surface area contributed by atoms with Crippen molar-refractivity contribution in [1.82, 2.24) is 4.90 Å². The predicted molar refractivity (Wildman–Crippen MR) is 246 cm³/mol. The van der Waals surface area contributed by atoms with E-state index in [4.69, 9.17) is 4.74 Å². The number of thioether (sulfide) groups is 2. The smallest absolute Gasteiger partial charge is 0.0766 e. The lowest BCUT2D eigenvalue weighted by Crippen LogP contribution is -2.58. The van der Waals surface area contributed by atoms with Crippen molar-refractivity contribution in [2.75, 3.05) is 0 Å². The summed E-state index contributed by atoms with van der Waals surface area (Å²) in [7, 11) is 0. The zero-order valence-electron chi connectivity index (χ0n) is 37.1. The van der Waals surface area contributed by atoms with Gasteiger partial charge in [0.15, 0.2) is 0 Å². The molecule has 0 amide bonds. The quantitative estimate of drug-likeness (QED) is 0.264. The predicted octanol–water partition coefficient (Wildman–Crippen LogP) is 14.5. The molecular weight excluding hydrogens is 743 g/mol. The molecule has 9 aliphatic carbocycles. The molecule has 0 aromatic rings. The molecule has 326 valence electrons. The zero-order valence-corrected chi connectivity index (χ0v) is 38.8. The lowest BCUT2D eigenvalue weighted by Gasteiger charge is -2.52. The molecular formula is C54H87NOS2. The standard InChI is InChI=1S/C54H87NOS2/c1-3-12-34(13-4-1)35-24-28-38(29-25-35)55(47-22-11-20-43-42-19-9-17-40(51(42)56-52(43)47)36-14-5-2-6-15-36)39-30-26-37(27-31-39)41-18-10-21-44-45-32-33-49-50(54(45)58-53(41)44)46-16-7-8-23-48(46)57-49/h34-54H,1-33H2. The highest BCUT2D eigenvalue weighted by atomic mass is 32.2. The Balaban J connectivity index is 0.762. The molecule has 0 radical (unpaired) electrons. The molecule has 4 heteroatoms. The number of fused-ring (bicyclic) bond motifs is 10. The maximum Gasteiger partial charge on any atom is 0.0766 e. The van der Waals surface area contributed by atoms with Crippen LogP contribution in [0.2, 0.25) is 0 Å². The number of nitrogens with zero attached hydrogens (tertiary/aromatic N) is 1. The number of rotatable bonds is 6. The molecule has 0 aromatic carbocycles. The minimum atomic E-state index is 0.556. The van der Waals surface area contributed by atoms with Crippen LogP contribution in [-0.2, 0) is 4.74 Å². The third-order valence-electron chi connectivity index (χ3n) is 21.9. The highest BCUT2D eigenvalue weighted by molar-refractivity contribution is 8.02. The average Bonchev–Trinajstić information content (AvgIpc) is 3.99. The van der Waals surface area contributed by atoms with Gasteiger partial charge in [0.05, 0.1) is 12.2 Å². The van der Waals surface area contributed by atoms with E-state index < -0.39 is 0 Å². The van der Waals surface area contributed by atoms with E-state index in [1.807, 2.05) is 0 Å². The lowest BCUT2D eigenvalue weighted by molar-refractivity contribution is -0.101. The van der Waals surface area contributed by atoms with E-state index in [1.54, 1.807) is 89.9 Å². The minimum absolute atomic E-state index is 0.556. The molecule has 9 saturated carbocycles. The van der Waals surface area contributed by atoms with Gasteiger partial charge in [-0.25, -0.2) is 0 Å². The summed E-state index contributed by atoms with van der Waals surface area (Å²) in [6.45, 7) is 0. The first-order chi connectivity index (χ1) is 28.8. The van der Waals surface area contributed by atoms with Gasteiger partial charge in [0.1, 0.15) is 0 Å². The van der Waals surface area contributed by atoms with E-state index in [0.717, 1.165) is 110 Å². The minimum Gasteiger partial charge on any atom is -0.372 e. The monoisotopic (exact) mass is 830 g/mol. The van der Waals surface area contributed by atoms with E-state index >= 15 is 0 Å². The van der Waals surface area contributed by atoms with Gasteiger partial charge < -0.3 is 4.74 Å². The molecule has 3 saturated heterocycles. The van der Waals surface area contributed by atoms with Crippen molar-refractivity contribution in [2.24, 2.45) is 71.0 Å². The van der Waals surface area contributed by atoms with Crippen molar-refractivity contribution in [3.8, 4) is 0 Å². The fourth-order valence-corrected chi connectivity index (χ4v) is 24.3. The van der Waals surface area contributed by atoms with Crippen molar-refractivity contribution >= 4 is 23.5 Å². The van der Waals surface area contributed by atoms with Crippen LogP contribution in [0.15, 0.2) is 0 Å². The second-order valence-corrected chi connectivity index (χ2v) is 27.0. The molecule has 0 bridgehead atoms. The lowest BCUT2D eigenvalue weighted by atomic mass is 9.62. The Hall–Kier alpha value is 0.620. The van der Waals surface area contributed by atoms with Crippen molar-refractivity contribution in [2.45, 2.75) is 263 Å². The normalized spacial score (nSPS) is 52.6. The maximum atomic E-state index is 7.75. The summed E-state index contributed by atoms with van der Waals surface area (Å²) in [6.07, 6.45) is 51.7. The van der Waals surface area contributed by atoms with Crippen LogP contribution in [0.1, 0.15) is 212 Å². The Bertz CT molecular complexity index is 1360. The SMILES string of the molecule is C1CCC(C2CCC(N(C3CCC(C4CCCC5C6CCC7SC8CCCCC8C7C6SC45)CC3)C3CCCC4C5CCCC(C6CCCCC6)C5OC43)CC2)CC1. The Kier molecular flexibility index (Phi) is 12.1. The molecule has 15 atom stereocenters. The van der Waals surface area contributed by atoms with Crippen LogP contribution < -0.4 is 0 Å². The zero-order chi connectivity index (χ0) is 38.2. The van der Waals surface area contributed by atoms with E-state index in [2.05, 4.69) is 28.4 Å². The number of hydrogen-bond donors (Lipinski definition) is 0. The highest BCUT2D eigenvalue weighted by Crippen LogP contribution is 2.66. The fraction of sp³-hybridized carbons (Fsp3) is 1.00. The van der Waals surface area contributed by atoms with E-state index in [9.17, 15) is 0 Å². The maximum absolute atomic E-state index is 7.75. The van der Waals surface area contributed by atoms with Gasteiger partial charge in [0.25, 0.3) is 0 Å². The van der Waals surface area contributed by atoms with Crippen molar-refractivity contribution in [3.05, 3.63) is 0 Å². The van der Waals surface area contributed by atoms with Gasteiger partial charge >= 0.3 is 0 Å². The van der Waals surface area contributed by atoms with E-state index in [1.165, 1.54) is 122 Å². The first-order valence-electron chi connectivity index (χ1n) is 27.5. The van der Waals surface area contributed by atoms with Crippen LogP contribution in [0.5, 0.6) is 0 Å². The molecule has 0 N–H and O–H groups in total. The van der Waals surface area contributed by atoms with Gasteiger partial charge in [-0.3, -0.25) is 4.90 Å². The van der Waals surface area contributed by atoms with Crippen LogP contribution in [-0.4, -0.2) is 56.2 Å². The first kappa shape index (κ1) is 40.2. The Morgan fingerprint density at radius 2 is 0.845 bits per heavy atom. The summed E-state index contributed by atoms with van der Waals surface area (Å²) >= 11 is 5.18. The van der Waals surface area contributed by atoms with Gasteiger partial charge in [-0.2, -0.15) is 23.5 Å². The van der Waals surface area contributed by atoms with Gasteiger partial charge in [0.2, 0.25) is 0 Å². The van der Waals surface area contributed by atoms with Crippen molar-refractivity contribution in [3.63, 3.8) is 0 Å². The third kappa shape index (κ3) is 7.33. The second-order valence-electron chi connectivity index (χ2n) is 24.2. The molecule has 12 aliphatic rings. The molecule has 0 aromatic heterocycles. The number of ether oxygens (including phenoxy) is 1. The van der Waals surface area contributed by atoms with E-state index in [0.29, 0.717) is 12.2 Å². The van der Waals surface area contributed by atoms with Crippen LogP contribution in [0.4, 0.5) is 0 Å². The molecule has 15 unspecified atom stereocenters. The van der Waals surface area contributed by atoms with Gasteiger partial charge in [-0.1, -0.05) is 96.3 Å². The Morgan fingerprint density at radius 3 is 1.60 bits per heavy atom. The molecule has 3 heterocycles. The average molecular weight is 830 g/mol. The molecule has 3 aliphatic heterocycles. The van der Waals surface area contributed by atoms with Crippen molar-refractivity contribution in [1.29, 1.82) is 0 Å². The van der Waals surface area contributed by atoms with Crippen LogP contribution in [0.25, 0.3) is 0 Å². The van der Waals surface area contributed by atoms with E-state index in [-0.39, 0.29) is 0 Å². The Labute approximate surface area is 365 Å². The van der Waals surface area contributed by atoms with Gasteiger partial charge in [-0.05, 0) is 187 Å². The number of hydrogen-bond acceptors (Lipinski definition) is 4. The second kappa shape index (κ2) is 17.5. The molecule has 12 fully saturated rings. The van der Waals surface area contributed by atoms with Gasteiger partial charge in [0, 0.05) is 39.1 Å². The molecule has 0 spiro atoms. The third-order valence-corrected chi connectivity index (χ3v) is 25.7. The largest absolute Gasteiger partial charge is 0.372 e. The summed E-state index contributed by atoms with van der Waals surface area (Å²) < 4.78 is 7.75. The fourth-order valence-electron chi connectivity index (χ4n) is 19.5. The first-order valence-corrected chi connectivity index (χ1v) is 29.4. The summed E-state index contributed by atoms with van der Waals surface area (Å²) in [5.74, 6) is 12.1. The molecule has 58 heavy (non-hydrogen) atoms. The summed E-state index contributed by atoms with van der Waals surface area (Å²) in [6, 6.07) is 2.41. The molecule has 2 nitrogen and oxygen atoms in total. The van der Waals surface area contributed by atoms with Gasteiger partial charge in [-0.15, -0.1) is 0 Å². The van der Waals surface area contributed by atoms with Crippen LogP contribution in [0, 0.1) is 71.0 Å². The Morgan fingerprint density at radius 1 is 0.310 bits per heavy atom. The highest BCUT2D eigenvalue weighted by Gasteiger charge is 2.60. The van der Waals surface area contributed by atoms with Crippen molar-refractivity contribution < 1.29 is 4.74 Å².